The zero-order chi connectivity index (χ0) is 61.6. The molecule has 0 N–H and O–H groups in total. The third kappa shape index (κ3) is 9.33. The van der Waals surface area contributed by atoms with Gasteiger partial charge in [-0.1, -0.05) is 218 Å². The summed E-state index contributed by atoms with van der Waals surface area (Å²) in [5, 5.41) is 19.3. The van der Waals surface area contributed by atoms with Crippen molar-refractivity contribution >= 4 is 120 Å². The third-order valence-corrected chi connectivity index (χ3v) is 19.0. The molecule has 434 valence electrons. The highest BCUT2D eigenvalue weighted by Gasteiger charge is 2.24. The number of aryl methyl sites for hydroxylation is 4. The van der Waals surface area contributed by atoms with Crippen molar-refractivity contribution in [3.05, 3.63) is 338 Å². The average molecular weight is 1170 g/mol. The fourth-order valence-corrected chi connectivity index (χ4v) is 15.1. The molecule has 2 nitrogen and oxygen atoms in total. The lowest BCUT2D eigenvalue weighted by Gasteiger charge is -2.28. The van der Waals surface area contributed by atoms with E-state index in [0.717, 1.165) is 34.1 Å². The fourth-order valence-electron chi connectivity index (χ4n) is 15.1. The van der Waals surface area contributed by atoms with Gasteiger partial charge in [0, 0.05) is 33.5 Å². The molecule has 0 aliphatic heterocycles. The van der Waals surface area contributed by atoms with Crippen LogP contribution in [0.2, 0.25) is 0 Å². The Morgan fingerprint density at radius 2 is 0.446 bits per heavy atom. The van der Waals surface area contributed by atoms with Gasteiger partial charge in [0.2, 0.25) is 0 Å². The first kappa shape index (κ1) is 54.6. The molecule has 0 heterocycles. The Morgan fingerprint density at radius 1 is 0.174 bits per heavy atom. The Bertz CT molecular complexity index is 5380. The van der Waals surface area contributed by atoms with Gasteiger partial charge in [-0.05, 0) is 267 Å². The minimum Gasteiger partial charge on any atom is -0.310 e. The van der Waals surface area contributed by atoms with E-state index in [1.54, 1.807) is 0 Å². The van der Waals surface area contributed by atoms with Gasteiger partial charge in [0.1, 0.15) is 0 Å². The van der Waals surface area contributed by atoms with E-state index in [0.29, 0.717) is 0 Å². The van der Waals surface area contributed by atoms with Gasteiger partial charge >= 0.3 is 0 Å². The Morgan fingerprint density at radius 3 is 0.783 bits per heavy atom. The molecule has 0 saturated heterocycles. The summed E-state index contributed by atoms with van der Waals surface area (Å²) in [6, 6.07) is 118. The van der Waals surface area contributed by atoms with Gasteiger partial charge in [0.15, 0.2) is 0 Å². The summed E-state index contributed by atoms with van der Waals surface area (Å²) in [6.07, 6.45) is 0. The number of nitrogens with zero attached hydrogens (tertiary/aromatic N) is 2. The minimum atomic E-state index is 1.10. The van der Waals surface area contributed by atoms with Crippen LogP contribution < -0.4 is 9.80 Å². The van der Waals surface area contributed by atoms with Crippen LogP contribution >= 0.6 is 0 Å². The van der Waals surface area contributed by atoms with Crippen molar-refractivity contribution in [2.45, 2.75) is 27.7 Å². The average Bonchev–Trinajstić information content (AvgIpc) is 0.709. The zero-order valence-corrected chi connectivity index (χ0v) is 51.9. The Balaban J connectivity index is 1.03. The molecule has 0 fully saturated rings. The molecule has 17 rings (SSSR count). The highest BCUT2D eigenvalue weighted by molar-refractivity contribution is 6.34. The van der Waals surface area contributed by atoms with Crippen molar-refractivity contribution in [2.75, 3.05) is 9.80 Å². The first-order valence-electron chi connectivity index (χ1n) is 32.0. The predicted octanol–water partition coefficient (Wildman–Crippen LogP) is 25.8. The van der Waals surface area contributed by atoms with E-state index in [9.17, 15) is 0 Å². The Labute approximate surface area is 536 Å². The maximum atomic E-state index is 2.55. The van der Waals surface area contributed by atoms with Crippen LogP contribution in [0.25, 0.3) is 131 Å². The molecular weight excluding hydrogens is 1110 g/mol. The van der Waals surface area contributed by atoms with Crippen molar-refractivity contribution in [1.29, 1.82) is 0 Å². The van der Waals surface area contributed by atoms with E-state index >= 15 is 0 Å². The molecule has 2 heteroatoms. The van der Waals surface area contributed by atoms with Gasteiger partial charge in [0.05, 0.1) is 11.4 Å². The summed E-state index contributed by atoms with van der Waals surface area (Å²) in [5.41, 5.74) is 21.1. The first-order valence-corrected chi connectivity index (χ1v) is 32.0. The molecule has 0 amide bonds. The van der Waals surface area contributed by atoms with Crippen LogP contribution in [-0.2, 0) is 0 Å². The first-order chi connectivity index (χ1) is 45.2. The summed E-state index contributed by atoms with van der Waals surface area (Å²) >= 11 is 0. The van der Waals surface area contributed by atoms with E-state index in [-0.39, 0.29) is 0 Å². The third-order valence-electron chi connectivity index (χ3n) is 19.0. The van der Waals surface area contributed by atoms with Crippen LogP contribution in [0.15, 0.2) is 315 Å². The number of fused-ring (bicyclic) bond motifs is 14. The Hall–Kier alpha value is -11.6. The number of rotatable bonds is 10. The van der Waals surface area contributed by atoms with Crippen molar-refractivity contribution in [3.63, 3.8) is 0 Å². The van der Waals surface area contributed by atoms with Crippen molar-refractivity contribution < 1.29 is 0 Å². The molecule has 0 aromatic heterocycles. The maximum absolute atomic E-state index is 2.55. The molecule has 0 saturated carbocycles. The van der Waals surface area contributed by atoms with E-state index in [2.05, 4.69) is 353 Å². The van der Waals surface area contributed by atoms with Crippen LogP contribution in [0.5, 0.6) is 0 Å². The standard InChI is InChI=1S/C90H64N2/c1-57-43-58(2)46-69(45-57)91(89-37-21-33-61-31-17-19-35-71(61)89)67-39-41-73-79(49-67)83-51-75(63-23-9-5-10-24-63)77(65-27-13-7-14-28-65)53-85(83)87-56-82-74-42-40-68(92(70-47-59(3)44-60(4)48-70)90-38-22-34-62-32-18-20-36-72(62)90)50-80(74)84-52-76(64-25-11-6-12-26-64)78(66-29-15-8-16-30-66)54-86(84)88(82)55-81(73)87/h5-56H,1-4H3. The van der Waals surface area contributed by atoms with Crippen LogP contribution in [0.1, 0.15) is 22.3 Å². The number of hydrogen-bond acceptors (Lipinski definition) is 2. The quantitative estimate of drug-likeness (QED) is 0.0995. The largest absolute Gasteiger partial charge is 0.310 e. The lowest BCUT2D eigenvalue weighted by atomic mass is 9.84. The Kier molecular flexibility index (Phi) is 13.1. The number of hydrogen-bond donors (Lipinski definition) is 0. The van der Waals surface area contributed by atoms with E-state index in [1.165, 1.54) is 153 Å². The van der Waals surface area contributed by atoms with Gasteiger partial charge in [-0.2, -0.15) is 0 Å². The van der Waals surface area contributed by atoms with Gasteiger partial charge in [-0.15, -0.1) is 0 Å². The predicted molar refractivity (Wildman–Crippen MR) is 397 cm³/mol. The molecule has 0 spiro atoms. The number of benzene rings is 17. The molecule has 0 aliphatic rings. The molecule has 0 radical (unpaired) electrons. The lowest BCUT2D eigenvalue weighted by molar-refractivity contribution is 1.27. The SMILES string of the molecule is Cc1cc(C)cc(N(c2ccc3c(c2)c2cc(-c4ccccc4)c(-c4ccccc4)cc2c2cc4c5ccc(N(c6cc(C)cc(C)c6)c6cccc7ccccc67)cc5c5cc(-c6ccccc6)c(-c6ccccc6)cc5c4cc32)c2cccc3ccccc23)c1. The highest BCUT2D eigenvalue weighted by atomic mass is 15.1. The molecule has 0 aliphatic carbocycles. The topological polar surface area (TPSA) is 6.48 Å². The van der Waals surface area contributed by atoms with E-state index in [1.807, 2.05) is 0 Å². The second-order valence-electron chi connectivity index (χ2n) is 25.1. The smallest absolute Gasteiger partial charge is 0.0540 e. The normalized spacial score (nSPS) is 11.7. The van der Waals surface area contributed by atoms with Gasteiger partial charge in [-0.25, -0.2) is 0 Å². The van der Waals surface area contributed by atoms with E-state index < -0.39 is 0 Å². The number of anilines is 6. The molecule has 0 atom stereocenters. The van der Waals surface area contributed by atoms with Gasteiger partial charge < -0.3 is 9.80 Å². The van der Waals surface area contributed by atoms with E-state index in [4.69, 9.17) is 0 Å². The summed E-state index contributed by atoms with van der Waals surface area (Å²) in [6.45, 7) is 8.84. The molecule has 0 bridgehead atoms. The maximum Gasteiger partial charge on any atom is 0.0540 e. The monoisotopic (exact) mass is 1170 g/mol. The molecule has 17 aromatic carbocycles. The van der Waals surface area contributed by atoms with Crippen LogP contribution in [0.3, 0.4) is 0 Å². The zero-order valence-electron chi connectivity index (χ0n) is 51.9. The highest BCUT2D eigenvalue weighted by Crippen LogP contribution is 2.51. The molecular formula is C90H64N2. The van der Waals surface area contributed by atoms with Crippen molar-refractivity contribution in [3.8, 4) is 44.5 Å². The van der Waals surface area contributed by atoms with Crippen LogP contribution in [-0.4, -0.2) is 0 Å². The lowest BCUT2D eigenvalue weighted by Crippen LogP contribution is -2.11. The second kappa shape index (κ2) is 22.2. The minimum absolute atomic E-state index is 1.10. The van der Waals surface area contributed by atoms with Gasteiger partial charge in [-0.3, -0.25) is 0 Å². The van der Waals surface area contributed by atoms with Crippen LogP contribution in [0, 0.1) is 27.7 Å². The summed E-state index contributed by atoms with van der Waals surface area (Å²) in [5.74, 6) is 0. The van der Waals surface area contributed by atoms with Crippen LogP contribution in [0.4, 0.5) is 34.1 Å². The second-order valence-corrected chi connectivity index (χ2v) is 25.1. The molecule has 92 heavy (non-hydrogen) atoms. The molecule has 17 aromatic rings. The van der Waals surface area contributed by atoms with Gasteiger partial charge in [0.25, 0.3) is 0 Å². The van der Waals surface area contributed by atoms with Crippen molar-refractivity contribution in [1.82, 2.24) is 0 Å². The summed E-state index contributed by atoms with van der Waals surface area (Å²) in [7, 11) is 0. The van der Waals surface area contributed by atoms with Crippen molar-refractivity contribution in [2.24, 2.45) is 0 Å². The summed E-state index contributed by atoms with van der Waals surface area (Å²) in [4.78, 5) is 4.97. The molecule has 0 unspecified atom stereocenters. The fraction of sp³-hybridized carbons (Fsp3) is 0.0444. The summed E-state index contributed by atoms with van der Waals surface area (Å²) < 4.78 is 0.